The minimum absolute atomic E-state index is 0.0996. The number of aromatic nitrogens is 1. The van der Waals surface area contributed by atoms with Gasteiger partial charge in [0, 0.05) is 45.9 Å². The van der Waals surface area contributed by atoms with E-state index in [-0.39, 0.29) is 24.1 Å². The summed E-state index contributed by atoms with van der Waals surface area (Å²) >= 11 is 3.50. The van der Waals surface area contributed by atoms with Gasteiger partial charge in [0.15, 0.2) is 0 Å². The number of amides is 1. The third-order valence-corrected chi connectivity index (χ3v) is 7.00. The lowest BCUT2D eigenvalue weighted by Crippen LogP contribution is -2.27. The van der Waals surface area contributed by atoms with Gasteiger partial charge < -0.3 is 10.1 Å². The van der Waals surface area contributed by atoms with Crippen LogP contribution in [0, 0.1) is 10.1 Å². The van der Waals surface area contributed by atoms with Gasteiger partial charge in [-0.2, -0.15) is 5.10 Å². The number of hydrazone groups is 1. The van der Waals surface area contributed by atoms with Crippen molar-refractivity contribution in [2.75, 3.05) is 0 Å². The van der Waals surface area contributed by atoms with Crippen LogP contribution in [0.25, 0.3) is 22.0 Å². The third-order valence-electron chi connectivity index (χ3n) is 6.51. The molecule has 1 amide bonds. The van der Waals surface area contributed by atoms with Crippen molar-refractivity contribution >= 4 is 50.1 Å². The number of carbonyl (C=O) groups excluding carboxylic acids is 1. The van der Waals surface area contributed by atoms with Gasteiger partial charge in [-0.15, -0.1) is 0 Å². The Morgan fingerprint density at radius 2 is 1.82 bits per heavy atom. The van der Waals surface area contributed by atoms with Crippen LogP contribution < -0.4 is 5.56 Å². The van der Waals surface area contributed by atoms with Gasteiger partial charge in [-0.1, -0.05) is 58.4 Å². The molecule has 196 valence electrons. The van der Waals surface area contributed by atoms with E-state index in [0.717, 1.165) is 20.4 Å². The fourth-order valence-electron chi connectivity index (χ4n) is 4.77. The highest BCUT2D eigenvalue weighted by molar-refractivity contribution is 9.10. The van der Waals surface area contributed by atoms with E-state index < -0.39 is 34.8 Å². The van der Waals surface area contributed by atoms with Crippen LogP contribution >= 0.6 is 15.9 Å². The number of halogens is 1. The van der Waals surface area contributed by atoms with Crippen molar-refractivity contribution in [3.63, 3.8) is 0 Å². The molecule has 0 saturated carbocycles. The molecule has 1 unspecified atom stereocenters. The average molecular weight is 589 g/mol. The van der Waals surface area contributed by atoms with Gasteiger partial charge in [0.25, 0.3) is 11.2 Å². The molecule has 0 bridgehead atoms. The molecular weight excluding hydrogens is 568 g/mol. The molecule has 0 saturated heterocycles. The van der Waals surface area contributed by atoms with E-state index in [0.29, 0.717) is 22.4 Å². The van der Waals surface area contributed by atoms with Crippen LogP contribution in [0.15, 0.2) is 87.2 Å². The summed E-state index contributed by atoms with van der Waals surface area (Å²) in [5.41, 5.74) is 2.51. The number of H-pyrrole nitrogens is 1. The lowest BCUT2D eigenvalue weighted by molar-refractivity contribution is -0.385. The number of carbonyl (C=O) groups is 2. The van der Waals surface area contributed by atoms with E-state index in [1.54, 1.807) is 12.1 Å². The maximum absolute atomic E-state index is 13.6. The summed E-state index contributed by atoms with van der Waals surface area (Å²) in [5.74, 6) is -1.70. The number of benzene rings is 3. The van der Waals surface area contributed by atoms with Gasteiger partial charge >= 0.3 is 5.97 Å². The first kappa shape index (κ1) is 26.0. The quantitative estimate of drug-likeness (QED) is 0.218. The Kier molecular flexibility index (Phi) is 7.07. The molecule has 1 aliphatic rings. The van der Waals surface area contributed by atoms with Crippen LogP contribution in [-0.4, -0.2) is 37.6 Å². The van der Waals surface area contributed by atoms with Crippen LogP contribution in [0.3, 0.4) is 0 Å². The molecule has 0 radical (unpaired) electrons. The maximum Gasteiger partial charge on any atom is 0.303 e. The Morgan fingerprint density at radius 3 is 2.54 bits per heavy atom. The van der Waals surface area contributed by atoms with Crippen LogP contribution in [0.4, 0.5) is 5.69 Å². The van der Waals surface area contributed by atoms with Gasteiger partial charge in [-0.05, 0) is 29.3 Å². The second-order valence-electron chi connectivity index (χ2n) is 9.01. The van der Waals surface area contributed by atoms with Crippen molar-refractivity contribution in [1.82, 2.24) is 9.99 Å². The van der Waals surface area contributed by atoms with Gasteiger partial charge in [0.2, 0.25) is 5.91 Å². The summed E-state index contributed by atoms with van der Waals surface area (Å²) in [6.07, 6.45) is -0.617. The topological polar surface area (TPSA) is 146 Å². The van der Waals surface area contributed by atoms with E-state index in [2.05, 4.69) is 26.0 Å². The summed E-state index contributed by atoms with van der Waals surface area (Å²) in [4.78, 5) is 51.7. The first-order valence-corrected chi connectivity index (χ1v) is 12.8. The zero-order chi connectivity index (χ0) is 27.7. The molecule has 1 aliphatic heterocycles. The molecule has 4 aromatic rings. The van der Waals surface area contributed by atoms with E-state index >= 15 is 0 Å². The van der Waals surface area contributed by atoms with E-state index in [4.69, 9.17) is 5.11 Å². The predicted molar refractivity (Wildman–Crippen MR) is 148 cm³/mol. The number of carboxylic acid groups (broad SMARTS) is 1. The van der Waals surface area contributed by atoms with Gasteiger partial charge in [-0.3, -0.25) is 24.5 Å². The number of rotatable bonds is 7. The second-order valence-corrected chi connectivity index (χ2v) is 9.93. The number of nitrogens with zero attached hydrogens (tertiary/aromatic N) is 3. The third kappa shape index (κ3) is 5.21. The number of carboxylic acids is 1. The Balaban J connectivity index is 1.70. The molecule has 5 rings (SSSR count). The monoisotopic (exact) mass is 588 g/mol. The Labute approximate surface area is 229 Å². The lowest BCUT2D eigenvalue weighted by atomic mass is 9.91. The van der Waals surface area contributed by atoms with Crippen LogP contribution in [-0.2, 0) is 9.59 Å². The van der Waals surface area contributed by atoms with Crippen molar-refractivity contribution in [1.29, 1.82) is 0 Å². The van der Waals surface area contributed by atoms with E-state index in [1.807, 2.05) is 42.5 Å². The number of hydrogen-bond acceptors (Lipinski definition) is 6. The number of aromatic amines is 1. The highest BCUT2D eigenvalue weighted by Crippen LogP contribution is 2.38. The average Bonchev–Trinajstić information content (AvgIpc) is 3.37. The fourth-order valence-corrected chi connectivity index (χ4v) is 5.13. The van der Waals surface area contributed by atoms with Gasteiger partial charge in [0.1, 0.15) is 0 Å². The predicted octanol–water partition coefficient (Wildman–Crippen LogP) is 5.41. The number of nitro benzene ring substituents is 1. The lowest BCUT2D eigenvalue weighted by Gasteiger charge is -2.21. The van der Waals surface area contributed by atoms with Crippen molar-refractivity contribution in [2.24, 2.45) is 5.10 Å². The summed E-state index contributed by atoms with van der Waals surface area (Å²) in [6.45, 7) is 0. The number of nitrogens with one attached hydrogen (secondary N) is 1. The van der Waals surface area contributed by atoms with Crippen molar-refractivity contribution in [3.05, 3.63) is 109 Å². The zero-order valence-electron chi connectivity index (χ0n) is 20.3. The number of nitro groups is 1. The van der Waals surface area contributed by atoms with Gasteiger partial charge in [-0.25, -0.2) is 5.01 Å². The van der Waals surface area contributed by atoms with E-state index in [1.165, 1.54) is 18.2 Å². The summed E-state index contributed by atoms with van der Waals surface area (Å²) in [6, 6.07) is 19.9. The molecule has 11 heteroatoms. The van der Waals surface area contributed by atoms with Crippen molar-refractivity contribution < 1.29 is 19.6 Å². The molecule has 1 aromatic heterocycles. The molecule has 1 atom stereocenters. The molecule has 0 spiro atoms. The fraction of sp³-hybridized carbons (Fsp3) is 0.143. The summed E-state index contributed by atoms with van der Waals surface area (Å²) in [7, 11) is 0. The minimum Gasteiger partial charge on any atom is -0.481 e. The minimum atomic E-state index is -1.14. The molecule has 0 aliphatic carbocycles. The molecule has 3 aromatic carbocycles. The van der Waals surface area contributed by atoms with E-state index in [9.17, 15) is 24.5 Å². The Hall–Kier alpha value is -4.64. The molecule has 10 nitrogen and oxygen atoms in total. The highest BCUT2D eigenvalue weighted by atomic mass is 79.9. The molecule has 2 N–H and O–H groups in total. The summed E-state index contributed by atoms with van der Waals surface area (Å²) < 4.78 is 0.804. The highest BCUT2D eigenvalue weighted by Gasteiger charge is 2.36. The van der Waals surface area contributed by atoms with Crippen LogP contribution in [0.5, 0.6) is 0 Å². The van der Waals surface area contributed by atoms with Crippen molar-refractivity contribution in [3.8, 4) is 11.1 Å². The Morgan fingerprint density at radius 1 is 1.05 bits per heavy atom. The molecular formula is C28H21BrN4O6. The number of hydrogen-bond donors (Lipinski definition) is 2. The largest absolute Gasteiger partial charge is 0.481 e. The summed E-state index contributed by atoms with van der Waals surface area (Å²) in [5, 5.41) is 27.0. The van der Waals surface area contributed by atoms with Crippen molar-refractivity contribution in [2.45, 2.75) is 25.3 Å². The standard InChI is InChI=1S/C28H21BrN4O6/c29-18-9-10-21-20(14-18)26(16-5-2-1-3-6-16)27(28(37)30-21)22-15-23(17-7-4-8-19(13-17)33(38)39)32(31-22)24(34)11-12-25(35)36/h1-10,13-14,23H,11-12,15H2,(H,30,37)(H,35,36). The normalized spacial score (nSPS) is 14.8. The molecule has 2 heterocycles. The van der Waals surface area contributed by atoms with Crippen LogP contribution in [0.2, 0.25) is 0 Å². The zero-order valence-corrected chi connectivity index (χ0v) is 21.9. The van der Waals surface area contributed by atoms with Gasteiger partial charge in [0.05, 0.1) is 28.7 Å². The Bertz CT molecular complexity index is 1720. The maximum atomic E-state index is 13.6. The number of aliphatic carboxylic acids is 1. The number of pyridine rings is 1. The molecule has 39 heavy (non-hydrogen) atoms. The second kappa shape index (κ2) is 10.6. The smallest absolute Gasteiger partial charge is 0.303 e. The number of fused-ring (bicyclic) bond motifs is 1. The first-order chi connectivity index (χ1) is 18.7. The number of non-ortho nitro benzene ring substituents is 1. The molecule has 0 fully saturated rings. The SMILES string of the molecule is O=C(O)CCC(=O)N1N=C(c2c(-c3ccccc3)c3cc(Br)ccc3[nH]c2=O)CC1c1cccc([N+](=O)[O-])c1. The van der Waals surface area contributed by atoms with Crippen LogP contribution in [0.1, 0.15) is 36.4 Å². The first-order valence-electron chi connectivity index (χ1n) is 12.0.